The van der Waals surface area contributed by atoms with Gasteiger partial charge in [-0.05, 0) is 62.4 Å². The van der Waals surface area contributed by atoms with Crippen molar-refractivity contribution in [1.82, 2.24) is 0 Å². The number of nitriles is 1. The fourth-order valence-corrected chi connectivity index (χ4v) is 2.03. The van der Waals surface area contributed by atoms with Gasteiger partial charge in [-0.15, -0.1) is 0 Å². The predicted octanol–water partition coefficient (Wildman–Crippen LogP) is 3.28. The number of nitrogens with zero attached hydrogens (tertiary/aromatic N) is 1. The Bertz CT molecular complexity index is 794. The SMILES string of the molecule is C[C@H](Oc1ccc(C#N)cc1)C(=O)O[C@H](C)C(=O)c1ccc(F)cc1. The van der Waals surface area contributed by atoms with Crippen molar-refractivity contribution in [3.8, 4) is 11.8 Å². The number of halogens is 1. The van der Waals surface area contributed by atoms with E-state index in [-0.39, 0.29) is 5.56 Å². The minimum Gasteiger partial charge on any atom is -0.479 e. The van der Waals surface area contributed by atoms with E-state index in [4.69, 9.17) is 14.7 Å². The Morgan fingerprint density at radius 1 is 1.00 bits per heavy atom. The van der Waals surface area contributed by atoms with Crippen LogP contribution in [0.2, 0.25) is 0 Å². The molecule has 2 aromatic rings. The van der Waals surface area contributed by atoms with Crippen molar-refractivity contribution < 1.29 is 23.5 Å². The lowest BCUT2D eigenvalue weighted by atomic mass is 10.1. The number of Topliss-reactive ketones (excluding diaryl/α,β-unsaturated/α-hetero) is 1. The molecule has 0 fully saturated rings. The third-order valence-electron chi connectivity index (χ3n) is 3.42. The Balaban J connectivity index is 1.94. The average molecular weight is 341 g/mol. The minimum absolute atomic E-state index is 0.252. The van der Waals surface area contributed by atoms with Crippen LogP contribution in [0.15, 0.2) is 48.5 Å². The molecule has 2 atom stereocenters. The molecule has 0 N–H and O–H groups in total. The van der Waals surface area contributed by atoms with E-state index in [0.29, 0.717) is 11.3 Å². The van der Waals surface area contributed by atoms with Gasteiger partial charge in [-0.3, -0.25) is 4.79 Å². The molecule has 0 aliphatic heterocycles. The van der Waals surface area contributed by atoms with E-state index < -0.39 is 29.8 Å². The Labute approximate surface area is 144 Å². The van der Waals surface area contributed by atoms with Crippen molar-refractivity contribution in [2.45, 2.75) is 26.1 Å². The van der Waals surface area contributed by atoms with Gasteiger partial charge in [0.05, 0.1) is 11.6 Å². The smallest absolute Gasteiger partial charge is 0.347 e. The normalized spacial score (nSPS) is 12.6. The average Bonchev–Trinajstić information content (AvgIpc) is 2.62. The first kappa shape index (κ1) is 18.1. The van der Waals surface area contributed by atoms with Crippen molar-refractivity contribution in [2.75, 3.05) is 0 Å². The molecule has 0 heterocycles. The Hall–Kier alpha value is -3.20. The van der Waals surface area contributed by atoms with E-state index in [1.807, 2.05) is 6.07 Å². The van der Waals surface area contributed by atoms with E-state index in [9.17, 15) is 14.0 Å². The largest absolute Gasteiger partial charge is 0.479 e. The highest BCUT2D eigenvalue weighted by molar-refractivity contribution is 6.00. The molecule has 0 bridgehead atoms. The van der Waals surface area contributed by atoms with E-state index in [1.54, 1.807) is 24.3 Å². The summed E-state index contributed by atoms with van der Waals surface area (Å²) in [4.78, 5) is 24.2. The highest BCUT2D eigenvalue weighted by Gasteiger charge is 2.24. The van der Waals surface area contributed by atoms with Gasteiger partial charge in [-0.2, -0.15) is 5.26 Å². The summed E-state index contributed by atoms with van der Waals surface area (Å²) in [5, 5.41) is 8.74. The monoisotopic (exact) mass is 341 g/mol. The number of esters is 1. The second-order valence-corrected chi connectivity index (χ2v) is 5.35. The number of hydrogen-bond acceptors (Lipinski definition) is 5. The summed E-state index contributed by atoms with van der Waals surface area (Å²) in [6.07, 6.45) is -1.96. The van der Waals surface area contributed by atoms with Gasteiger partial charge in [-0.1, -0.05) is 0 Å². The molecule has 0 unspecified atom stereocenters. The maximum atomic E-state index is 12.9. The van der Waals surface area contributed by atoms with E-state index in [2.05, 4.69) is 0 Å². The molecule has 0 aliphatic rings. The van der Waals surface area contributed by atoms with Crippen molar-refractivity contribution in [1.29, 1.82) is 5.26 Å². The number of carbonyl (C=O) groups excluding carboxylic acids is 2. The van der Waals surface area contributed by atoms with E-state index >= 15 is 0 Å². The first-order valence-corrected chi connectivity index (χ1v) is 7.58. The second-order valence-electron chi connectivity index (χ2n) is 5.35. The molecule has 0 spiro atoms. The molecule has 0 radical (unpaired) electrons. The molecule has 0 saturated heterocycles. The molecule has 0 saturated carbocycles. The van der Waals surface area contributed by atoms with Crippen LogP contribution in [-0.4, -0.2) is 24.0 Å². The Morgan fingerprint density at radius 2 is 1.60 bits per heavy atom. The van der Waals surface area contributed by atoms with Crippen LogP contribution in [0.25, 0.3) is 0 Å². The number of ketones is 1. The number of ether oxygens (including phenoxy) is 2. The van der Waals surface area contributed by atoms with Gasteiger partial charge in [-0.25, -0.2) is 9.18 Å². The van der Waals surface area contributed by atoms with Crippen molar-refractivity contribution in [3.63, 3.8) is 0 Å². The van der Waals surface area contributed by atoms with Gasteiger partial charge in [0.25, 0.3) is 0 Å². The molecule has 0 amide bonds. The molecule has 2 rings (SSSR count). The third kappa shape index (κ3) is 4.88. The van der Waals surface area contributed by atoms with Crippen LogP contribution < -0.4 is 4.74 Å². The van der Waals surface area contributed by atoms with Gasteiger partial charge in [0, 0.05) is 5.56 Å². The van der Waals surface area contributed by atoms with Crippen LogP contribution in [0.4, 0.5) is 4.39 Å². The van der Waals surface area contributed by atoms with Crippen LogP contribution in [0.1, 0.15) is 29.8 Å². The highest BCUT2D eigenvalue weighted by atomic mass is 19.1. The van der Waals surface area contributed by atoms with Gasteiger partial charge in [0.2, 0.25) is 5.78 Å². The fourth-order valence-electron chi connectivity index (χ4n) is 2.03. The molecule has 0 aromatic heterocycles. The lowest BCUT2D eigenvalue weighted by molar-refractivity contribution is -0.153. The fraction of sp³-hybridized carbons (Fsp3) is 0.211. The maximum Gasteiger partial charge on any atom is 0.347 e. The number of hydrogen-bond donors (Lipinski definition) is 0. The van der Waals surface area contributed by atoms with Crippen molar-refractivity contribution in [2.24, 2.45) is 0 Å². The molecular weight excluding hydrogens is 325 g/mol. The van der Waals surface area contributed by atoms with Crippen molar-refractivity contribution in [3.05, 3.63) is 65.5 Å². The Morgan fingerprint density at radius 3 is 2.16 bits per heavy atom. The number of rotatable bonds is 6. The van der Waals surface area contributed by atoms with Crippen LogP contribution in [0.5, 0.6) is 5.75 Å². The zero-order valence-electron chi connectivity index (χ0n) is 13.7. The molecule has 6 heteroatoms. The van der Waals surface area contributed by atoms with Gasteiger partial charge < -0.3 is 9.47 Å². The molecule has 25 heavy (non-hydrogen) atoms. The highest BCUT2D eigenvalue weighted by Crippen LogP contribution is 2.15. The maximum absolute atomic E-state index is 12.9. The van der Waals surface area contributed by atoms with Crippen LogP contribution in [0.3, 0.4) is 0 Å². The summed E-state index contributed by atoms with van der Waals surface area (Å²) in [5.74, 6) is -1.18. The van der Waals surface area contributed by atoms with Crippen LogP contribution in [0, 0.1) is 17.1 Å². The van der Waals surface area contributed by atoms with E-state index in [0.717, 1.165) is 0 Å². The third-order valence-corrected chi connectivity index (χ3v) is 3.42. The van der Waals surface area contributed by atoms with Gasteiger partial charge in [0.15, 0.2) is 12.2 Å². The summed E-state index contributed by atoms with van der Waals surface area (Å²) in [6.45, 7) is 2.94. The quantitative estimate of drug-likeness (QED) is 0.595. The lowest BCUT2D eigenvalue weighted by Crippen LogP contribution is -2.32. The Kier molecular flexibility index (Phi) is 5.85. The number of benzene rings is 2. The zero-order valence-corrected chi connectivity index (χ0v) is 13.7. The summed E-state index contributed by atoms with van der Waals surface area (Å²) >= 11 is 0. The van der Waals surface area contributed by atoms with Gasteiger partial charge >= 0.3 is 5.97 Å². The lowest BCUT2D eigenvalue weighted by Gasteiger charge is -2.17. The summed E-state index contributed by atoms with van der Waals surface area (Å²) < 4.78 is 23.4. The predicted molar refractivity (Wildman–Crippen MR) is 87.5 cm³/mol. The summed E-state index contributed by atoms with van der Waals surface area (Å²) in [7, 11) is 0. The second kappa shape index (κ2) is 8.06. The van der Waals surface area contributed by atoms with E-state index in [1.165, 1.54) is 38.1 Å². The topological polar surface area (TPSA) is 76.4 Å². The molecule has 0 aliphatic carbocycles. The van der Waals surface area contributed by atoms with Gasteiger partial charge in [0.1, 0.15) is 11.6 Å². The molecule has 5 nitrogen and oxygen atoms in total. The number of carbonyl (C=O) groups is 2. The molecular formula is C19H16FNO4. The minimum atomic E-state index is -1.02. The standard InChI is InChI=1S/C19H16FNO4/c1-12(18(22)15-5-7-16(20)8-6-15)25-19(23)13(2)24-17-9-3-14(11-21)4-10-17/h3-10,12-13H,1-2H3/t12-,13+/m1/s1. The molecule has 2 aromatic carbocycles. The zero-order chi connectivity index (χ0) is 18.4. The van der Waals surface area contributed by atoms with Crippen LogP contribution in [-0.2, 0) is 9.53 Å². The summed E-state index contributed by atoms with van der Waals surface area (Å²) in [6, 6.07) is 13.2. The van der Waals surface area contributed by atoms with Crippen LogP contribution >= 0.6 is 0 Å². The first-order valence-electron chi connectivity index (χ1n) is 7.58. The summed E-state index contributed by atoms with van der Waals surface area (Å²) in [5.41, 5.74) is 0.725. The first-order chi connectivity index (χ1) is 11.9. The molecule has 128 valence electrons. The van der Waals surface area contributed by atoms with Crippen molar-refractivity contribution >= 4 is 11.8 Å².